The Hall–Kier alpha value is -0.0800. The molecule has 0 aliphatic carbocycles. The molecule has 17 heavy (non-hydrogen) atoms. The number of hydrogen-bond acceptors (Lipinski definition) is 2. The van der Waals surface area contributed by atoms with E-state index in [9.17, 15) is 0 Å². The van der Waals surface area contributed by atoms with Gasteiger partial charge in [-0.15, -0.1) is 0 Å². The fourth-order valence-corrected chi connectivity index (χ4v) is 2.82. The molecule has 0 bridgehead atoms. The predicted octanol–water partition coefficient (Wildman–Crippen LogP) is 3.28. The zero-order chi connectivity index (χ0) is 12.9. The lowest BCUT2D eigenvalue weighted by Gasteiger charge is -2.41. The van der Waals surface area contributed by atoms with E-state index in [0.717, 1.165) is 6.04 Å². The van der Waals surface area contributed by atoms with Crippen LogP contribution in [0.2, 0.25) is 0 Å². The molecule has 0 radical (unpaired) electrons. The Bertz CT molecular complexity index is 211. The molecule has 0 aromatic rings. The van der Waals surface area contributed by atoms with Gasteiger partial charge in [0.15, 0.2) is 0 Å². The van der Waals surface area contributed by atoms with Crippen molar-refractivity contribution >= 4 is 0 Å². The van der Waals surface area contributed by atoms with Gasteiger partial charge >= 0.3 is 0 Å². The van der Waals surface area contributed by atoms with Crippen LogP contribution >= 0.6 is 0 Å². The van der Waals surface area contributed by atoms with Crippen LogP contribution in [0.25, 0.3) is 0 Å². The highest BCUT2D eigenvalue weighted by molar-refractivity contribution is 4.82. The van der Waals surface area contributed by atoms with E-state index < -0.39 is 0 Å². The summed E-state index contributed by atoms with van der Waals surface area (Å²) in [6.07, 6.45) is 5.40. The Morgan fingerprint density at radius 3 is 2.53 bits per heavy atom. The first-order valence-electron chi connectivity index (χ1n) is 7.38. The Labute approximate surface area is 108 Å². The molecule has 1 N–H and O–H groups in total. The first-order valence-corrected chi connectivity index (χ1v) is 7.38. The molecule has 2 heteroatoms. The minimum absolute atomic E-state index is 0.530. The van der Waals surface area contributed by atoms with Gasteiger partial charge < -0.3 is 10.2 Å². The van der Waals surface area contributed by atoms with Crippen LogP contribution in [0.15, 0.2) is 0 Å². The molecule has 1 rings (SSSR count). The van der Waals surface area contributed by atoms with Crippen molar-refractivity contribution < 1.29 is 0 Å². The van der Waals surface area contributed by atoms with E-state index >= 15 is 0 Å². The van der Waals surface area contributed by atoms with E-state index in [2.05, 4.69) is 44.8 Å². The van der Waals surface area contributed by atoms with Gasteiger partial charge in [0.05, 0.1) is 0 Å². The molecule has 1 heterocycles. The van der Waals surface area contributed by atoms with E-state index in [1.165, 1.54) is 45.3 Å². The average molecular weight is 240 g/mol. The Morgan fingerprint density at radius 1 is 1.24 bits per heavy atom. The number of nitrogens with one attached hydrogen (secondary N) is 1. The standard InChI is InChI=1S/C15H32N2/c1-13(2)16-10-6-8-14(3)17-11-7-9-15(4,5)12-17/h13-14,16H,6-12H2,1-5H3. The van der Waals surface area contributed by atoms with E-state index in [1.807, 2.05) is 0 Å². The number of hydrogen-bond donors (Lipinski definition) is 1. The van der Waals surface area contributed by atoms with Gasteiger partial charge in [-0.25, -0.2) is 0 Å². The average Bonchev–Trinajstić information content (AvgIpc) is 2.22. The molecule has 1 aliphatic heterocycles. The number of piperidine rings is 1. The summed E-state index contributed by atoms with van der Waals surface area (Å²) in [6.45, 7) is 15.4. The van der Waals surface area contributed by atoms with Crippen LogP contribution < -0.4 is 5.32 Å². The summed E-state index contributed by atoms with van der Waals surface area (Å²) in [7, 11) is 0. The zero-order valence-electron chi connectivity index (χ0n) is 12.6. The largest absolute Gasteiger partial charge is 0.315 e. The second-order valence-corrected chi connectivity index (χ2v) is 6.84. The molecule has 102 valence electrons. The van der Waals surface area contributed by atoms with Gasteiger partial charge in [-0.1, -0.05) is 27.7 Å². The van der Waals surface area contributed by atoms with Gasteiger partial charge in [0.25, 0.3) is 0 Å². The number of rotatable bonds is 6. The lowest BCUT2D eigenvalue weighted by molar-refractivity contribution is 0.0804. The van der Waals surface area contributed by atoms with Crippen LogP contribution in [-0.2, 0) is 0 Å². The van der Waals surface area contributed by atoms with Crippen molar-refractivity contribution in [1.82, 2.24) is 10.2 Å². The van der Waals surface area contributed by atoms with Crippen molar-refractivity contribution in [3.05, 3.63) is 0 Å². The quantitative estimate of drug-likeness (QED) is 0.717. The second-order valence-electron chi connectivity index (χ2n) is 6.84. The normalized spacial score (nSPS) is 22.9. The van der Waals surface area contributed by atoms with Gasteiger partial charge in [-0.3, -0.25) is 0 Å². The minimum atomic E-state index is 0.530. The molecule has 0 aromatic carbocycles. The number of likely N-dealkylation sites (tertiary alicyclic amines) is 1. The smallest absolute Gasteiger partial charge is 0.00676 e. The highest BCUT2D eigenvalue weighted by Crippen LogP contribution is 2.29. The van der Waals surface area contributed by atoms with Crippen LogP contribution in [0.4, 0.5) is 0 Å². The topological polar surface area (TPSA) is 15.3 Å². The summed E-state index contributed by atoms with van der Waals surface area (Å²) in [5.41, 5.74) is 0.530. The molecular formula is C15H32N2. The molecule has 1 saturated heterocycles. The van der Waals surface area contributed by atoms with Crippen molar-refractivity contribution in [1.29, 1.82) is 0 Å². The summed E-state index contributed by atoms with van der Waals surface area (Å²) < 4.78 is 0. The van der Waals surface area contributed by atoms with Crippen LogP contribution in [0.5, 0.6) is 0 Å². The van der Waals surface area contributed by atoms with Gasteiger partial charge in [-0.2, -0.15) is 0 Å². The maximum atomic E-state index is 3.50. The molecule has 0 saturated carbocycles. The van der Waals surface area contributed by atoms with Crippen molar-refractivity contribution in [2.45, 2.75) is 72.4 Å². The van der Waals surface area contributed by atoms with Crippen LogP contribution in [0.1, 0.15) is 60.3 Å². The van der Waals surface area contributed by atoms with E-state index in [1.54, 1.807) is 0 Å². The lowest BCUT2D eigenvalue weighted by Crippen LogP contribution is -2.44. The van der Waals surface area contributed by atoms with Gasteiger partial charge in [0.2, 0.25) is 0 Å². The summed E-state index contributed by atoms with van der Waals surface area (Å²) in [6, 6.07) is 1.38. The first-order chi connectivity index (χ1) is 7.91. The highest BCUT2D eigenvalue weighted by Gasteiger charge is 2.28. The van der Waals surface area contributed by atoms with Crippen LogP contribution in [0.3, 0.4) is 0 Å². The SMILES string of the molecule is CC(C)NCCCC(C)N1CCCC(C)(C)C1. The van der Waals surface area contributed by atoms with E-state index in [0.29, 0.717) is 11.5 Å². The molecular weight excluding hydrogens is 208 g/mol. The van der Waals surface area contributed by atoms with E-state index in [-0.39, 0.29) is 0 Å². The first kappa shape index (κ1) is 15.0. The van der Waals surface area contributed by atoms with E-state index in [4.69, 9.17) is 0 Å². The monoisotopic (exact) mass is 240 g/mol. The fraction of sp³-hybridized carbons (Fsp3) is 1.00. The van der Waals surface area contributed by atoms with Gasteiger partial charge in [0, 0.05) is 18.6 Å². The van der Waals surface area contributed by atoms with Crippen molar-refractivity contribution in [3.8, 4) is 0 Å². The van der Waals surface area contributed by atoms with Gasteiger partial charge in [0.1, 0.15) is 0 Å². The molecule has 0 amide bonds. The number of nitrogens with zero attached hydrogens (tertiary/aromatic N) is 1. The van der Waals surface area contributed by atoms with Crippen molar-refractivity contribution in [3.63, 3.8) is 0 Å². The lowest BCUT2D eigenvalue weighted by atomic mass is 9.83. The summed E-state index contributed by atoms with van der Waals surface area (Å²) >= 11 is 0. The second kappa shape index (κ2) is 6.75. The molecule has 1 atom stereocenters. The summed E-state index contributed by atoms with van der Waals surface area (Å²) in [4.78, 5) is 2.69. The third kappa shape index (κ3) is 5.87. The highest BCUT2D eigenvalue weighted by atomic mass is 15.2. The molecule has 1 aliphatic rings. The van der Waals surface area contributed by atoms with Crippen molar-refractivity contribution in [2.75, 3.05) is 19.6 Å². The Morgan fingerprint density at radius 2 is 1.94 bits per heavy atom. The predicted molar refractivity (Wildman–Crippen MR) is 76.4 cm³/mol. The third-order valence-corrected chi connectivity index (χ3v) is 3.90. The zero-order valence-corrected chi connectivity index (χ0v) is 12.6. The maximum Gasteiger partial charge on any atom is 0.00676 e. The van der Waals surface area contributed by atoms with Crippen LogP contribution in [0, 0.1) is 5.41 Å². The molecule has 1 unspecified atom stereocenters. The van der Waals surface area contributed by atoms with Crippen LogP contribution in [-0.4, -0.2) is 36.6 Å². The molecule has 0 spiro atoms. The van der Waals surface area contributed by atoms with Crippen molar-refractivity contribution in [2.24, 2.45) is 5.41 Å². The Kier molecular flexibility index (Phi) is 5.94. The molecule has 1 fully saturated rings. The summed E-state index contributed by atoms with van der Waals surface area (Å²) in [5.74, 6) is 0. The summed E-state index contributed by atoms with van der Waals surface area (Å²) in [5, 5.41) is 3.50. The minimum Gasteiger partial charge on any atom is -0.315 e. The molecule has 2 nitrogen and oxygen atoms in total. The third-order valence-electron chi connectivity index (χ3n) is 3.90. The Balaban J connectivity index is 2.20. The fourth-order valence-electron chi connectivity index (χ4n) is 2.82. The van der Waals surface area contributed by atoms with Gasteiger partial charge in [-0.05, 0) is 51.1 Å². The maximum absolute atomic E-state index is 3.50. The molecule has 0 aromatic heterocycles.